The molecule has 1 rings (SSSR count). The molecular weight excluding hydrogens is 463 g/mol. The second-order valence-electron chi connectivity index (χ2n) is 5.60. The number of benzene rings is 1. The van der Waals surface area contributed by atoms with Crippen molar-refractivity contribution in [3.63, 3.8) is 0 Å². The summed E-state index contributed by atoms with van der Waals surface area (Å²) < 4.78 is 34.8. The van der Waals surface area contributed by atoms with Crippen LogP contribution >= 0.6 is 35.7 Å². The zero-order valence-corrected chi connectivity index (χ0v) is 18.2. The molecule has 9 heteroatoms. The summed E-state index contributed by atoms with van der Waals surface area (Å²) in [5.74, 6) is 1.13. The lowest BCUT2D eigenvalue weighted by Crippen LogP contribution is -2.43. The van der Waals surface area contributed by atoms with Gasteiger partial charge in [0.05, 0.1) is 7.11 Å². The summed E-state index contributed by atoms with van der Waals surface area (Å²) in [6, 6.07) is 4.82. The maximum absolute atomic E-state index is 12.6. The molecule has 25 heavy (non-hydrogen) atoms. The van der Waals surface area contributed by atoms with Crippen LogP contribution in [0.2, 0.25) is 0 Å². The molecule has 0 saturated heterocycles. The van der Waals surface area contributed by atoms with Crippen molar-refractivity contribution in [3.05, 3.63) is 23.8 Å². The largest absolute Gasteiger partial charge is 0.497 e. The molecule has 0 heterocycles. The first-order chi connectivity index (χ1) is 11.3. The average Bonchev–Trinajstić information content (AvgIpc) is 2.55. The molecule has 0 saturated carbocycles. The molecule has 144 valence electrons. The number of methoxy groups -OCH3 is 1. The van der Waals surface area contributed by atoms with Crippen LogP contribution in [0.5, 0.6) is 11.5 Å². The Morgan fingerprint density at radius 1 is 1.32 bits per heavy atom. The minimum Gasteiger partial charge on any atom is -0.497 e. The molecule has 0 radical (unpaired) electrons. The zero-order valence-electron chi connectivity index (χ0n) is 15.1. The molecule has 0 spiro atoms. The van der Waals surface area contributed by atoms with Crippen molar-refractivity contribution in [2.75, 3.05) is 27.0 Å². The van der Waals surface area contributed by atoms with Gasteiger partial charge in [0.2, 0.25) is 0 Å². The van der Waals surface area contributed by atoms with Crippen molar-refractivity contribution in [1.82, 2.24) is 10.6 Å². The average molecular weight is 489 g/mol. The van der Waals surface area contributed by atoms with E-state index in [2.05, 4.69) is 34.2 Å². The fourth-order valence-electron chi connectivity index (χ4n) is 1.78. The van der Waals surface area contributed by atoms with Crippen LogP contribution in [0.1, 0.15) is 19.4 Å². The highest BCUT2D eigenvalue weighted by molar-refractivity contribution is 14.0. The number of alkyl halides is 2. The summed E-state index contributed by atoms with van der Waals surface area (Å²) in [6.07, 6.45) is 2.04. The normalized spacial score (nSPS) is 11.8. The quantitative estimate of drug-likeness (QED) is 0.331. The summed E-state index contributed by atoms with van der Waals surface area (Å²) in [7, 11) is 3.13. The maximum Gasteiger partial charge on any atom is 0.387 e. The van der Waals surface area contributed by atoms with E-state index in [1.54, 1.807) is 30.9 Å². The fourth-order valence-corrected chi connectivity index (χ4v) is 2.00. The van der Waals surface area contributed by atoms with E-state index in [1.807, 2.05) is 6.26 Å². The third-order valence-corrected chi connectivity index (χ3v) is 4.64. The van der Waals surface area contributed by atoms with Crippen molar-refractivity contribution >= 4 is 41.7 Å². The van der Waals surface area contributed by atoms with Crippen LogP contribution in [0.15, 0.2) is 23.2 Å². The van der Waals surface area contributed by atoms with Crippen molar-refractivity contribution < 1.29 is 18.3 Å². The Labute approximate surface area is 169 Å². The van der Waals surface area contributed by atoms with Gasteiger partial charge in [-0.05, 0) is 32.2 Å². The highest BCUT2D eigenvalue weighted by Crippen LogP contribution is 2.26. The van der Waals surface area contributed by atoms with Gasteiger partial charge in [-0.2, -0.15) is 20.5 Å². The molecule has 1 aromatic carbocycles. The molecule has 0 aromatic heterocycles. The Morgan fingerprint density at radius 3 is 2.52 bits per heavy atom. The second-order valence-corrected chi connectivity index (χ2v) is 7.11. The minimum atomic E-state index is -2.89. The van der Waals surface area contributed by atoms with E-state index in [0.717, 1.165) is 6.54 Å². The van der Waals surface area contributed by atoms with E-state index in [9.17, 15) is 8.78 Å². The van der Waals surface area contributed by atoms with Gasteiger partial charge < -0.3 is 20.1 Å². The van der Waals surface area contributed by atoms with Crippen molar-refractivity contribution in [2.45, 2.75) is 31.8 Å². The number of hydrogen-bond donors (Lipinski definition) is 2. The van der Waals surface area contributed by atoms with Crippen LogP contribution in [0.4, 0.5) is 8.78 Å². The lowest BCUT2D eigenvalue weighted by Gasteiger charge is -2.24. The van der Waals surface area contributed by atoms with Gasteiger partial charge in [0.15, 0.2) is 5.96 Å². The molecule has 0 bridgehead atoms. The van der Waals surface area contributed by atoms with E-state index in [4.69, 9.17) is 4.74 Å². The van der Waals surface area contributed by atoms with E-state index in [0.29, 0.717) is 23.8 Å². The molecule has 0 amide bonds. The lowest BCUT2D eigenvalue weighted by atomic mass is 10.2. The Morgan fingerprint density at radius 2 is 2.00 bits per heavy atom. The number of aliphatic imine (C=N–C) groups is 1. The Kier molecular flexibility index (Phi) is 11.2. The van der Waals surface area contributed by atoms with Gasteiger partial charge in [-0.1, -0.05) is 0 Å². The predicted molar refractivity (Wildman–Crippen MR) is 111 cm³/mol. The topological polar surface area (TPSA) is 54.9 Å². The third-order valence-electron chi connectivity index (χ3n) is 3.39. The Balaban J connectivity index is 0.00000576. The van der Waals surface area contributed by atoms with Gasteiger partial charge in [0, 0.05) is 36.5 Å². The van der Waals surface area contributed by atoms with Crippen LogP contribution in [0.25, 0.3) is 0 Å². The van der Waals surface area contributed by atoms with Crippen LogP contribution in [0, 0.1) is 0 Å². The summed E-state index contributed by atoms with van der Waals surface area (Å²) in [5.41, 5.74) is 0.586. The van der Waals surface area contributed by atoms with Gasteiger partial charge >= 0.3 is 6.61 Å². The summed E-state index contributed by atoms with van der Waals surface area (Å²) in [4.78, 5) is 4.14. The highest BCUT2D eigenvalue weighted by Gasteiger charge is 2.16. The van der Waals surface area contributed by atoms with E-state index < -0.39 is 6.61 Å². The van der Waals surface area contributed by atoms with Crippen molar-refractivity contribution in [2.24, 2.45) is 4.99 Å². The molecule has 0 aliphatic heterocycles. The number of ether oxygens (including phenoxy) is 2. The number of halogens is 3. The first kappa shape index (κ1) is 24.0. The fraction of sp³-hybridized carbons (Fsp3) is 0.562. The first-order valence-corrected chi connectivity index (χ1v) is 8.65. The number of guanidine groups is 1. The van der Waals surface area contributed by atoms with Crippen LogP contribution in [0.3, 0.4) is 0 Å². The molecule has 0 fully saturated rings. The van der Waals surface area contributed by atoms with Crippen LogP contribution in [-0.2, 0) is 6.54 Å². The standard InChI is InChI=1S/C16H25F2N3O2S.HI/c1-16(2,24-5)10-21-15(19-3)20-9-11-6-7-12(22-4)8-13(11)23-14(17)18;/h6-8,14H,9-10H2,1-5H3,(H2,19,20,21);1H. The number of thioether (sulfide) groups is 1. The maximum atomic E-state index is 12.6. The van der Waals surface area contributed by atoms with Crippen molar-refractivity contribution in [1.29, 1.82) is 0 Å². The summed E-state index contributed by atoms with van der Waals surface area (Å²) in [6.45, 7) is 2.37. The monoisotopic (exact) mass is 489 g/mol. The van der Waals surface area contributed by atoms with E-state index in [1.165, 1.54) is 13.2 Å². The predicted octanol–water partition coefficient (Wildman–Crippen LogP) is 3.72. The zero-order chi connectivity index (χ0) is 18.2. The lowest BCUT2D eigenvalue weighted by molar-refractivity contribution is -0.0505. The third kappa shape index (κ3) is 8.80. The molecule has 1 aromatic rings. The van der Waals surface area contributed by atoms with E-state index >= 15 is 0 Å². The van der Waals surface area contributed by atoms with Gasteiger partial charge in [-0.25, -0.2) is 0 Å². The van der Waals surface area contributed by atoms with Gasteiger partial charge in [0.1, 0.15) is 11.5 Å². The molecule has 0 unspecified atom stereocenters. The molecule has 5 nitrogen and oxygen atoms in total. The van der Waals surface area contributed by atoms with Gasteiger partial charge in [0.25, 0.3) is 0 Å². The number of nitrogens with zero attached hydrogens (tertiary/aromatic N) is 1. The summed E-state index contributed by atoms with van der Waals surface area (Å²) >= 11 is 1.74. The SMILES string of the molecule is CN=C(NCc1ccc(OC)cc1OC(F)F)NCC(C)(C)SC.I. The first-order valence-electron chi connectivity index (χ1n) is 7.42. The number of hydrogen-bond acceptors (Lipinski definition) is 4. The van der Waals surface area contributed by atoms with Crippen LogP contribution < -0.4 is 20.1 Å². The Hall–Kier alpha value is -0.970. The van der Waals surface area contributed by atoms with Crippen LogP contribution in [-0.4, -0.2) is 44.3 Å². The van der Waals surface area contributed by atoms with E-state index in [-0.39, 0.29) is 34.5 Å². The summed E-state index contributed by atoms with van der Waals surface area (Å²) in [5, 5.41) is 6.32. The molecule has 2 N–H and O–H groups in total. The van der Waals surface area contributed by atoms with Crippen molar-refractivity contribution in [3.8, 4) is 11.5 Å². The second kappa shape index (κ2) is 11.6. The number of rotatable bonds is 8. The minimum absolute atomic E-state index is 0. The smallest absolute Gasteiger partial charge is 0.387 e. The molecular formula is C16H26F2IN3O2S. The Bertz CT molecular complexity index is 560. The molecule has 0 aliphatic rings. The number of nitrogens with one attached hydrogen (secondary N) is 2. The highest BCUT2D eigenvalue weighted by atomic mass is 127. The molecule has 0 aliphatic carbocycles. The van der Waals surface area contributed by atoms with Gasteiger partial charge in [-0.15, -0.1) is 24.0 Å². The van der Waals surface area contributed by atoms with Gasteiger partial charge in [-0.3, -0.25) is 4.99 Å². The molecule has 0 atom stereocenters.